The number of hydrogen-bond acceptors (Lipinski definition) is 5. The van der Waals surface area contributed by atoms with Crippen LogP contribution in [0.25, 0.3) is 0 Å². The molecule has 0 spiro atoms. The van der Waals surface area contributed by atoms with Gasteiger partial charge in [0, 0.05) is 37.1 Å². The molecule has 8 heteroatoms. The highest BCUT2D eigenvalue weighted by Gasteiger charge is 2.23. The molecule has 1 saturated heterocycles. The van der Waals surface area contributed by atoms with Gasteiger partial charge in [-0.2, -0.15) is 0 Å². The molecule has 0 radical (unpaired) electrons. The number of anilines is 1. The zero-order chi connectivity index (χ0) is 18.4. The Kier molecular flexibility index (Phi) is 5.73. The standard InChI is InChI=1S/C18H20FN5O2/c19-14-6-4-13(5-7-14)17(26)22-11-16(25)23-15-3-1-10-24(12-15)18-20-8-2-9-21-18/h2,4-9,15H,1,3,10-12H2,(H,22,26)(H,23,25). The number of carbonyl (C=O) groups excluding carboxylic acids is 2. The maximum absolute atomic E-state index is 12.9. The SMILES string of the molecule is O=C(CNC(=O)c1ccc(F)cc1)NC1CCCN(c2ncccn2)C1. The van der Waals surface area contributed by atoms with Crippen LogP contribution in [0.3, 0.4) is 0 Å². The summed E-state index contributed by atoms with van der Waals surface area (Å²) in [6.45, 7) is 1.34. The van der Waals surface area contributed by atoms with E-state index in [-0.39, 0.29) is 18.5 Å². The van der Waals surface area contributed by atoms with E-state index in [1.807, 2.05) is 4.90 Å². The Bertz CT molecular complexity index is 754. The van der Waals surface area contributed by atoms with Crippen molar-refractivity contribution in [1.82, 2.24) is 20.6 Å². The normalized spacial score (nSPS) is 16.8. The van der Waals surface area contributed by atoms with Gasteiger partial charge in [0.05, 0.1) is 6.54 Å². The molecule has 3 rings (SSSR count). The predicted octanol–water partition coefficient (Wildman–Crippen LogP) is 1.13. The van der Waals surface area contributed by atoms with E-state index in [9.17, 15) is 14.0 Å². The predicted molar refractivity (Wildman–Crippen MR) is 94.1 cm³/mol. The second-order valence-corrected chi connectivity index (χ2v) is 6.09. The molecule has 2 N–H and O–H groups in total. The lowest BCUT2D eigenvalue weighted by Gasteiger charge is -2.33. The molecule has 1 aromatic heterocycles. The first-order chi connectivity index (χ1) is 12.6. The third-order valence-corrected chi connectivity index (χ3v) is 4.14. The van der Waals surface area contributed by atoms with E-state index in [1.54, 1.807) is 18.5 Å². The molecule has 2 heterocycles. The van der Waals surface area contributed by atoms with Gasteiger partial charge in [0.15, 0.2) is 0 Å². The zero-order valence-electron chi connectivity index (χ0n) is 14.2. The van der Waals surface area contributed by atoms with Crippen molar-refractivity contribution in [3.63, 3.8) is 0 Å². The first kappa shape index (κ1) is 17.8. The lowest BCUT2D eigenvalue weighted by molar-refractivity contribution is -0.120. The van der Waals surface area contributed by atoms with E-state index >= 15 is 0 Å². The largest absolute Gasteiger partial charge is 0.350 e. The van der Waals surface area contributed by atoms with Crippen LogP contribution in [0, 0.1) is 5.82 Å². The van der Waals surface area contributed by atoms with Gasteiger partial charge in [0.1, 0.15) is 5.82 Å². The van der Waals surface area contributed by atoms with Crippen molar-refractivity contribution in [3.05, 3.63) is 54.1 Å². The lowest BCUT2D eigenvalue weighted by Crippen LogP contribution is -2.50. The van der Waals surface area contributed by atoms with Crippen LogP contribution in [0.15, 0.2) is 42.7 Å². The summed E-state index contributed by atoms with van der Waals surface area (Å²) < 4.78 is 12.9. The second-order valence-electron chi connectivity index (χ2n) is 6.09. The van der Waals surface area contributed by atoms with E-state index in [2.05, 4.69) is 20.6 Å². The molecule has 136 valence electrons. The number of nitrogens with one attached hydrogen (secondary N) is 2. The fraction of sp³-hybridized carbons (Fsp3) is 0.333. The summed E-state index contributed by atoms with van der Waals surface area (Å²) in [5.74, 6) is -0.441. The third kappa shape index (κ3) is 4.75. The highest BCUT2D eigenvalue weighted by Crippen LogP contribution is 2.15. The first-order valence-electron chi connectivity index (χ1n) is 8.47. The number of nitrogens with zero attached hydrogens (tertiary/aromatic N) is 3. The molecular weight excluding hydrogens is 337 g/mol. The molecular formula is C18H20FN5O2. The molecule has 0 aliphatic carbocycles. The Morgan fingerprint density at radius 1 is 1.19 bits per heavy atom. The van der Waals surface area contributed by atoms with E-state index in [0.29, 0.717) is 18.1 Å². The summed E-state index contributed by atoms with van der Waals surface area (Å²) >= 11 is 0. The number of rotatable bonds is 5. The van der Waals surface area contributed by atoms with Crippen LogP contribution in [0.5, 0.6) is 0 Å². The summed E-state index contributed by atoms with van der Waals surface area (Å²) in [5, 5.41) is 5.46. The fourth-order valence-corrected chi connectivity index (χ4v) is 2.87. The van der Waals surface area contributed by atoms with Crippen LogP contribution in [-0.4, -0.2) is 47.5 Å². The van der Waals surface area contributed by atoms with Crippen LogP contribution in [0.1, 0.15) is 23.2 Å². The minimum absolute atomic E-state index is 0.0252. The number of aromatic nitrogens is 2. The molecule has 7 nitrogen and oxygen atoms in total. The van der Waals surface area contributed by atoms with Crippen LogP contribution < -0.4 is 15.5 Å². The molecule has 1 fully saturated rings. The second kappa shape index (κ2) is 8.37. The molecule has 1 aromatic carbocycles. The maximum Gasteiger partial charge on any atom is 0.251 e. The molecule has 2 amide bonds. The highest BCUT2D eigenvalue weighted by molar-refractivity contribution is 5.96. The van der Waals surface area contributed by atoms with Gasteiger partial charge in [0.25, 0.3) is 5.91 Å². The average Bonchev–Trinajstić information content (AvgIpc) is 2.67. The summed E-state index contributed by atoms with van der Waals surface area (Å²) in [6.07, 6.45) is 5.16. The van der Waals surface area contributed by atoms with Gasteiger partial charge in [0.2, 0.25) is 11.9 Å². The van der Waals surface area contributed by atoms with E-state index < -0.39 is 11.7 Å². The summed E-state index contributed by atoms with van der Waals surface area (Å²) in [6, 6.07) is 6.90. The number of amides is 2. The van der Waals surface area contributed by atoms with E-state index in [4.69, 9.17) is 0 Å². The number of halogens is 1. The average molecular weight is 357 g/mol. The van der Waals surface area contributed by atoms with Crippen molar-refractivity contribution in [1.29, 1.82) is 0 Å². The number of benzene rings is 1. The van der Waals surface area contributed by atoms with Crippen LogP contribution in [-0.2, 0) is 4.79 Å². The number of hydrogen-bond donors (Lipinski definition) is 2. The van der Waals surface area contributed by atoms with Gasteiger partial charge < -0.3 is 15.5 Å². The Morgan fingerprint density at radius 3 is 2.65 bits per heavy atom. The van der Waals surface area contributed by atoms with Crippen molar-refractivity contribution in [2.75, 3.05) is 24.5 Å². The van der Waals surface area contributed by atoms with Gasteiger partial charge in [-0.3, -0.25) is 9.59 Å². The molecule has 1 atom stereocenters. The molecule has 26 heavy (non-hydrogen) atoms. The minimum atomic E-state index is -0.414. The van der Waals surface area contributed by atoms with Gasteiger partial charge in [-0.15, -0.1) is 0 Å². The number of piperidine rings is 1. The summed E-state index contributed by atoms with van der Waals surface area (Å²) in [5.41, 5.74) is 0.310. The van der Waals surface area contributed by atoms with Crippen molar-refractivity contribution in [3.8, 4) is 0 Å². The zero-order valence-corrected chi connectivity index (χ0v) is 14.2. The summed E-state index contributed by atoms with van der Waals surface area (Å²) in [7, 11) is 0. The molecule has 1 aliphatic heterocycles. The van der Waals surface area contributed by atoms with Crippen molar-refractivity contribution in [2.45, 2.75) is 18.9 Å². The van der Waals surface area contributed by atoms with E-state index in [1.165, 1.54) is 24.3 Å². The Morgan fingerprint density at radius 2 is 1.92 bits per heavy atom. The van der Waals surface area contributed by atoms with E-state index in [0.717, 1.165) is 19.4 Å². The van der Waals surface area contributed by atoms with Crippen LogP contribution in [0.4, 0.5) is 10.3 Å². The Hall–Kier alpha value is -3.03. The smallest absolute Gasteiger partial charge is 0.251 e. The molecule has 1 unspecified atom stereocenters. The topological polar surface area (TPSA) is 87.2 Å². The van der Waals surface area contributed by atoms with Crippen molar-refractivity contribution in [2.24, 2.45) is 0 Å². The van der Waals surface area contributed by atoms with Crippen LogP contribution >= 0.6 is 0 Å². The summed E-state index contributed by atoms with van der Waals surface area (Å²) in [4.78, 5) is 34.6. The molecule has 1 aliphatic rings. The van der Waals surface area contributed by atoms with Gasteiger partial charge in [-0.1, -0.05) is 0 Å². The minimum Gasteiger partial charge on any atom is -0.350 e. The molecule has 2 aromatic rings. The Labute approximate surface area is 150 Å². The quantitative estimate of drug-likeness (QED) is 0.838. The molecule has 0 saturated carbocycles. The van der Waals surface area contributed by atoms with Crippen molar-refractivity contribution < 1.29 is 14.0 Å². The van der Waals surface area contributed by atoms with Gasteiger partial charge in [-0.05, 0) is 43.2 Å². The van der Waals surface area contributed by atoms with Crippen molar-refractivity contribution >= 4 is 17.8 Å². The Balaban J connectivity index is 1.47. The maximum atomic E-state index is 12.9. The highest BCUT2D eigenvalue weighted by atomic mass is 19.1. The van der Waals surface area contributed by atoms with Gasteiger partial charge in [-0.25, -0.2) is 14.4 Å². The van der Waals surface area contributed by atoms with Crippen LogP contribution in [0.2, 0.25) is 0 Å². The first-order valence-corrected chi connectivity index (χ1v) is 8.47. The number of carbonyl (C=O) groups is 2. The fourth-order valence-electron chi connectivity index (χ4n) is 2.87. The lowest BCUT2D eigenvalue weighted by atomic mass is 10.1. The third-order valence-electron chi connectivity index (χ3n) is 4.14. The van der Waals surface area contributed by atoms with Gasteiger partial charge >= 0.3 is 0 Å². The molecule has 0 bridgehead atoms. The monoisotopic (exact) mass is 357 g/mol.